The van der Waals surface area contributed by atoms with Gasteiger partial charge in [0.25, 0.3) is 5.91 Å². The maximum atomic E-state index is 13.1. The predicted molar refractivity (Wildman–Crippen MR) is 109 cm³/mol. The molecule has 2 fully saturated rings. The van der Waals surface area contributed by atoms with Gasteiger partial charge in [-0.1, -0.05) is 0 Å². The number of anilines is 1. The van der Waals surface area contributed by atoms with E-state index in [0.29, 0.717) is 18.8 Å². The normalized spacial score (nSPS) is 17.0. The summed E-state index contributed by atoms with van der Waals surface area (Å²) in [6.45, 7) is 3.84. The topological polar surface area (TPSA) is 95.3 Å². The Labute approximate surface area is 178 Å². The lowest BCUT2D eigenvalue weighted by molar-refractivity contribution is -0.129. The van der Waals surface area contributed by atoms with E-state index in [9.17, 15) is 18.8 Å². The van der Waals surface area contributed by atoms with Gasteiger partial charge in [0.1, 0.15) is 17.8 Å². The van der Waals surface area contributed by atoms with Crippen LogP contribution in [0.1, 0.15) is 5.76 Å². The van der Waals surface area contributed by atoms with Crippen molar-refractivity contribution < 1.29 is 23.1 Å². The Morgan fingerprint density at radius 1 is 1.10 bits per heavy atom. The summed E-state index contributed by atoms with van der Waals surface area (Å²) in [5, 5.41) is 2.53. The number of amides is 3. The van der Waals surface area contributed by atoms with Gasteiger partial charge in [-0.3, -0.25) is 19.4 Å². The first kappa shape index (κ1) is 20.9. The predicted octanol–water partition coefficient (Wildman–Crippen LogP) is 1.03. The van der Waals surface area contributed by atoms with Crippen LogP contribution in [0.5, 0.6) is 5.75 Å². The van der Waals surface area contributed by atoms with Gasteiger partial charge in [-0.05, 0) is 24.3 Å². The van der Waals surface area contributed by atoms with Gasteiger partial charge in [0.2, 0.25) is 11.2 Å². The summed E-state index contributed by atoms with van der Waals surface area (Å²) >= 11 is 0. The van der Waals surface area contributed by atoms with Crippen molar-refractivity contribution >= 4 is 17.6 Å². The number of hydrogen-bond acceptors (Lipinski definition) is 7. The number of ether oxygens (including phenoxy) is 1. The molecule has 0 atom stereocenters. The molecule has 3 amide bonds. The number of urea groups is 1. The molecule has 164 valence electrons. The van der Waals surface area contributed by atoms with Crippen LogP contribution in [0.15, 0.2) is 45.8 Å². The Morgan fingerprint density at radius 2 is 1.84 bits per heavy atom. The van der Waals surface area contributed by atoms with E-state index in [1.807, 2.05) is 0 Å². The van der Waals surface area contributed by atoms with Crippen molar-refractivity contribution in [1.29, 1.82) is 0 Å². The number of nitrogens with zero attached hydrogens (tertiary/aromatic N) is 3. The van der Waals surface area contributed by atoms with Gasteiger partial charge >= 0.3 is 6.03 Å². The molecule has 1 N–H and O–H groups in total. The zero-order valence-corrected chi connectivity index (χ0v) is 16.9. The van der Waals surface area contributed by atoms with E-state index in [4.69, 9.17) is 9.15 Å². The van der Waals surface area contributed by atoms with Crippen LogP contribution in [0.4, 0.5) is 14.9 Å². The summed E-state index contributed by atoms with van der Waals surface area (Å²) in [6.07, 6.45) is 1.20. The monoisotopic (exact) mass is 430 g/mol. The van der Waals surface area contributed by atoms with E-state index in [2.05, 4.69) is 15.1 Å². The third-order valence-electron chi connectivity index (χ3n) is 5.30. The second-order valence-corrected chi connectivity index (χ2v) is 7.38. The number of nitrogens with one attached hydrogen (secondary N) is 1. The Kier molecular flexibility index (Phi) is 6.17. The van der Waals surface area contributed by atoms with Gasteiger partial charge in [-0.25, -0.2) is 9.18 Å². The quantitative estimate of drug-likeness (QED) is 0.732. The number of carbonyl (C=O) groups is 2. The Morgan fingerprint density at radius 3 is 2.48 bits per heavy atom. The SMILES string of the molecule is O=C(COc1coc(CN2CCN(c3ccc(F)cc3)CC2)cc1=O)N1CCNC1=O. The first-order valence-electron chi connectivity index (χ1n) is 10.1. The number of piperazine rings is 1. The van der Waals surface area contributed by atoms with Crippen LogP contribution in [0.25, 0.3) is 0 Å². The van der Waals surface area contributed by atoms with Crippen molar-refractivity contribution in [2.45, 2.75) is 6.54 Å². The highest BCUT2D eigenvalue weighted by Gasteiger charge is 2.26. The lowest BCUT2D eigenvalue weighted by Gasteiger charge is -2.35. The molecule has 0 bridgehead atoms. The van der Waals surface area contributed by atoms with Gasteiger partial charge in [0.05, 0.1) is 6.54 Å². The van der Waals surface area contributed by atoms with Crippen molar-refractivity contribution in [2.75, 3.05) is 50.8 Å². The van der Waals surface area contributed by atoms with E-state index in [-0.39, 0.29) is 23.5 Å². The van der Waals surface area contributed by atoms with Crippen LogP contribution in [0.3, 0.4) is 0 Å². The molecule has 9 nitrogen and oxygen atoms in total. The van der Waals surface area contributed by atoms with Crippen molar-refractivity contribution in [3.8, 4) is 5.75 Å². The molecule has 0 saturated carbocycles. The largest absolute Gasteiger partial charge is 0.477 e. The minimum absolute atomic E-state index is 0.0714. The molecule has 3 heterocycles. The molecule has 0 radical (unpaired) electrons. The molecule has 31 heavy (non-hydrogen) atoms. The average molecular weight is 430 g/mol. The zero-order chi connectivity index (χ0) is 21.8. The standard InChI is InChI=1S/C21H23FN4O5/c22-15-1-3-16(4-2-15)25-9-7-24(8-10-25)12-17-11-18(27)19(13-30-17)31-14-20(28)26-6-5-23-21(26)29/h1-4,11,13H,5-10,12,14H2,(H,23,29). The highest BCUT2D eigenvalue weighted by Crippen LogP contribution is 2.18. The summed E-state index contributed by atoms with van der Waals surface area (Å²) in [7, 11) is 0. The summed E-state index contributed by atoms with van der Waals surface area (Å²) in [6, 6.07) is 7.33. The molecule has 4 rings (SSSR count). The lowest BCUT2D eigenvalue weighted by Crippen LogP contribution is -2.46. The molecule has 0 aliphatic carbocycles. The number of benzene rings is 1. The summed E-state index contributed by atoms with van der Waals surface area (Å²) in [4.78, 5) is 41.2. The molecule has 2 aliphatic rings. The van der Waals surface area contributed by atoms with Gasteiger partial charge in [-0.2, -0.15) is 0 Å². The fourth-order valence-electron chi connectivity index (χ4n) is 3.59. The first-order valence-corrected chi connectivity index (χ1v) is 10.1. The van der Waals surface area contributed by atoms with E-state index < -0.39 is 18.5 Å². The molecule has 2 saturated heterocycles. The maximum Gasteiger partial charge on any atom is 0.324 e. The lowest BCUT2D eigenvalue weighted by atomic mass is 10.2. The second kappa shape index (κ2) is 9.17. The van der Waals surface area contributed by atoms with Crippen molar-refractivity contribution in [1.82, 2.24) is 15.1 Å². The van der Waals surface area contributed by atoms with Crippen molar-refractivity contribution in [3.63, 3.8) is 0 Å². The molecule has 2 aliphatic heterocycles. The number of carbonyl (C=O) groups excluding carboxylic acids is 2. The molecular weight excluding hydrogens is 407 g/mol. The van der Waals surface area contributed by atoms with Gasteiger partial charge < -0.3 is 19.4 Å². The van der Waals surface area contributed by atoms with Gasteiger partial charge in [0, 0.05) is 51.0 Å². The third-order valence-corrected chi connectivity index (χ3v) is 5.30. The third kappa shape index (κ3) is 5.02. The van der Waals surface area contributed by atoms with Crippen molar-refractivity contribution in [2.24, 2.45) is 0 Å². The number of hydrogen-bond donors (Lipinski definition) is 1. The summed E-state index contributed by atoms with van der Waals surface area (Å²) in [5.41, 5.74) is 0.597. The minimum atomic E-state index is -0.516. The number of halogens is 1. The van der Waals surface area contributed by atoms with E-state index in [1.165, 1.54) is 24.5 Å². The maximum absolute atomic E-state index is 13.1. The smallest absolute Gasteiger partial charge is 0.324 e. The Bertz CT molecular complexity index is 1000. The van der Waals surface area contributed by atoms with E-state index >= 15 is 0 Å². The van der Waals surface area contributed by atoms with Crippen molar-refractivity contribution in [3.05, 3.63) is 58.4 Å². The van der Waals surface area contributed by atoms with E-state index in [1.54, 1.807) is 12.1 Å². The summed E-state index contributed by atoms with van der Waals surface area (Å²) < 4.78 is 23.9. The van der Waals surface area contributed by atoms with Crippen LogP contribution in [0, 0.1) is 5.82 Å². The minimum Gasteiger partial charge on any atom is -0.477 e. The van der Waals surface area contributed by atoms with Crippen LogP contribution in [0.2, 0.25) is 0 Å². The summed E-state index contributed by atoms with van der Waals surface area (Å²) in [5.74, 6) is -0.344. The fraction of sp³-hybridized carbons (Fsp3) is 0.381. The molecule has 2 aromatic rings. The Hall–Kier alpha value is -3.40. The van der Waals surface area contributed by atoms with Crippen LogP contribution >= 0.6 is 0 Å². The van der Waals surface area contributed by atoms with E-state index in [0.717, 1.165) is 36.8 Å². The molecule has 0 spiro atoms. The zero-order valence-electron chi connectivity index (χ0n) is 16.9. The number of rotatable bonds is 6. The average Bonchev–Trinajstić information content (AvgIpc) is 3.20. The van der Waals surface area contributed by atoms with Crippen LogP contribution in [-0.4, -0.2) is 67.6 Å². The molecule has 1 aromatic heterocycles. The highest BCUT2D eigenvalue weighted by molar-refractivity contribution is 5.96. The highest BCUT2D eigenvalue weighted by atomic mass is 19.1. The van der Waals surface area contributed by atoms with Gasteiger partial charge in [-0.15, -0.1) is 0 Å². The second-order valence-electron chi connectivity index (χ2n) is 7.38. The Balaban J connectivity index is 1.27. The fourth-order valence-corrected chi connectivity index (χ4v) is 3.59. The molecule has 10 heteroatoms. The molecular formula is C21H23FN4O5. The van der Waals surface area contributed by atoms with Crippen LogP contribution in [-0.2, 0) is 11.3 Å². The first-order chi connectivity index (χ1) is 15.0. The van der Waals surface area contributed by atoms with Gasteiger partial charge in [0.15, 0.2) is 6.61 Å². The molecule has 0 unspecified atom stereocenters. The molecule has 1 aromatic carbocycles. The number of imide groups is 1. The van der Waals surface area contributed by atoms with Crippen LogP contribution < -0.4 is 20.4 Å².